The number of ether oxygens (including phenoxy) is 1. The first-order valence-electron chi connectivity index (χ1n) is 9.51. The van der Waals surface area contributed by atoms with E-state index in [1.54, 1.807) is 0 Å². The van der Waals surface area contributed by atoms with Crippen LogP contribution in [0.2, 0.25) is 0 Å². The summed E-state index contributed by atoms with van der Waals surface area (Å²) in [7, 11) is 2.17. The Balaban J connectivity index is 1.81. The summed E-state index contributed by atoms with van der Waals surface area (Å²) >= 11 is 1.38. The number of nitrogens with zero attached hydrogens (tertiary/aromatic N) is 4. The van der Waals surface area contributed by atoms with E-state index in [2.05, 4.69) is 39.1 Å². The minimum atomic E-state index is -0.285. The van der Waals surface area contributed by atoms with Gasteiger partial charge in [-0.05, 0) is 40.3 Å². The predicted octanol–water partition coefficient (Wildman–Crippen LogP) is 2.53. The summed E-state index contributed by atoms with van der Waals surface area (Å²) < 4.78 is 5.19. The summed E-state index contributed by atoms with van der Waals surface area (Å²) in [5.41, 5.74) is 0.891. The summed E-state index contributed by atoms with van der Waals surface area (Å²) in [4.78, 5) is 27.7. The zero-order valence-corrected chi connectivity index (χ0v) is 17.7. The number of fused-ring (bicyclic) bond motifs is 1. The van der Waals surface area contributed by atoms with Gasteiger partial charge in [0.1, 0.15) is 21.3 Å². The molecule has 0 amide bonds. The van der Waals surface area contributed by atoms with Crippen LogP contribution in [0.5, 0.6) is 0 Å². The molecule has 0 spiro atoms. The number of aryl methyl sites for hydroxylation is 2. The molecule has 8 heteroatoms. The summed E-state index contributed by atoms with van der Waals surface area (Å²) in [6.07, 6.45) is 0. The quantitative estimate of drug-likeness (QED) is 0.759. The Bertz CT molecular complexity index is 814. The van der Waals surface area contributed by atoms with Gasteiger partial charge in [-0.15, -0.1) is 11.3 Å². The van der Waals surface area contributed by atoms with Gasteiger partial charge in [0.2, 0.25) is 0 Å². The van der Waals surface area contributed by atoms with Gasteiger partial charge in [-0.1, -0.05) is 0 Å². The van der Waals surface area contributed by atoms with Gasteiger partial charge in [0.05, 0.1) is 12.0 Å². The number of anilines is 1. The van der Waals surface area contributed by atoms with Crippen LogP contribution in [0.25, 0.3) is 10.2 Å². The first kappa shape index (κ1) is 20.0. The van der Waals surface area contributed by atoms with Crippen molar-refractivity contribution in [3.05, 3.63) is 16.3 Å². The summed E-state index contributed by atoms with van der Waals surface area (Å²) in [6.45, 7) is 13.5. The lowest BCUT2D eigenvalue weighted by Crippen LogP contribution is -2.47. The van der Waals surface area contributed by atoms with E-state index in [0.717, 1.165) is 54.3 Å². The molecule has 1 atom stereocenters. The van der Waals surface area contributed by atoms with E-state index in [9.17, 15) is 4.79 Å². The van der Waals surface area contributed by atoms with E-state index < -0.39 is 0 Å². The molecule has 1 unspecified atom stereocenters. The Morgan fingerprint density at radius 3 is 2.63 bits per heavy atom. The number of nitrogens with one attached hydrogen (secondary N) is 1. The van der Waals surface area contributed by atoms with E-state index in [1.807, 2.05) is 20.8 Å². The third kappa shape index (κ3) is 4.56. The Labute approximate surface area is 164 Å². The second-order valence-corrected chi connectivity index (χ2v) is 8.22. The zero-order chi connectivity index (χ0) is 19.6. The minimum Gasteiger partial charge on any atom is -0.462 e. The molecule has 0 saturated carbocycles. The topological polar surface area (TPSA) is 70.6 Å². The molecule has 2 aromatic heterocycles. The highest BCUT2D eigenvalue weighted by molar-refractivity contribution is 7.20. The third-order valence-electron chi connectivity index (χ3n) is 4.87. The van der Waals surface area contributed by atoms with Crippen molar-refractivity contribution in [2.45, 2.75) is 33.7 Å². The predicted molar refractivity (Wildman–Crippen MR) is 110 cm³/mol. The summed E-state index contributed by atoms with van der Waals surface area (Å²) in [6, 6.07) is 0.247. The van der Waals surface area contributed by atoms with E-state index in [4.69, 9.17) is 4.74 Å². The molecule has 3 rings (SSSR count). The maximum absolute atomic E-state index is 12.3. The van der Waals surface area contributed by atoms with Crippen molar-refractivity contribution >= 4 is 33.3 Å². The van der Waals surface area contributed by atoms with Crippen LogP contribution in [0.15, 0.2) is 0 Å². The molecule has 0 aromatic carbocycles. The Morgan fingerprint density at radius 1 is 1.26 bits per heavy atom. The molecule has 2 aromatic rings. The lowest BCUT2D eigenvalue weighted by Gasteiger charge is -2.34. The van der Waals surface area contributed by atoms with Gasteiger partial charge in [0, 0.05) is 38.8 Å². The number of rotatable bonds is 6. The van der Waals surface area contributed by atoms with Crippen LogP contribution in [-0.4, -0.2) is 78.2 Å². The third-order valence-corrected chi connectivity index (χ3v) is 6.04. The molecule has 1 aliphatic heterocycles. The highest BCUT2D eigenvalue weighted by Gasteiger charge is 2.22. The highest BCUT2D eigenvalue weighted by Crippen LogP contribution is 2.34. The number of likely N-dealkylation sites (N-methyl/N-ethyl adjacent to an activating group) is 1. The van der Waals surface area contributed by atoms with Crippen LogP contribution in [-0.2, 0) is 4.74 Å². The number of hydrogen-bond donors (Lipinski definition) is 1. The van der Waals surface area contributed by atoms with Crippen molar-refractivity contribution in [2.75, 3.05) is 51.7 Å². The lowest BCUT2D eigenvalue weighted by molar-refractivity contribution is 0.0531. The normalized spacial score (nSPS) is 17.2. The van der Waals surface area contributed by atoms with E-state index in [1.165, 1.54) is 11.3 Å². The Morgan fingerprint density at radius 2 is 1.96 bits per heavy atom. The van der Waals surface area contributed by atoms with Gasteiger partial charge in [0.25, 0.3) is 0 Å². The number of esters is 1. The van der Waals surface area contributed by atoms with Gasteiger partial charge in [-0.2, -0.15) is 0 Å². The molecule has 1 saturated heterocycles. The van der Waals surface area contributed by atoms with Crippen molar-refractivity contribution in [2.24, 2.45) is 0 Å². The molecular weight excluding hydrogens is 362 g/mol. The second kappa shape index (κ2) is 8.50. The fourth-order valence-corrected chi connectivity index (χ4v) is 4.56. The largest absolute Gasteiger partial charge is 0.462 e. The van der Waals surface area contributed by atoms with Crippen molar-refractivity contribution in [3.63, 3.8) is 0 Å². The molecular formula is C19H29N5O2S. The van der Waals surface area contributed by atoms with Gasteiger partial charge in [-0.3, -0.25) is 4.90 Å². The second-order valence-electron chi connectivity index (χ2n) is 7.23. The van der Waals surface area contributed by atoms with Crippen LogP contribution in [0.1, 0.15) is 34.9 Å². The molecule has 7 nitrogen and oxygen atoms in total. The molecule has 148 valence electrons. The van der Waals surface area contributed by atoms with E-state index in [-0.39, 0.29) is 12.0 Å². The number of hydrogen-bond acceptors (Lipinski definition) is 8. The molecule has 27 heavy (non-hydrogen) atoms. The number of piperazine rings is 1. The maximum Gasteiger partial charge on any atom is 0.348 e. The molecule has 0 radical (unpaired) electrons. The van der Waals surface area contributed by atoms with Crippen molar-refractivity contribution in [1.82, 2.24) is 19.8 Å². The van der Waals surface area contributed by atoms with Crippen LogP contribution in [0, 0.1) is 13.8 Å². The standard InChI is InChI=1S/C19H29N5O2S/c1-6-26-19(25)16-13(3)15-17(21-14(4)22-18(15)27-16)20-12(2)11-24-9-7-23(5)8-10-24/h12H,6-11H2,1-5H3,(H,20,21,22). The van der Waals surface area contributed by atoms with Crippen molar-refractivity contribution in [1.29, 1.82) is 0 Å². The van der Waals surface area contributed by atoms with E-state index >= 15 is 0 Å². The fraction of sp³-hybridized carbons (Fsp3) is 0.632. The lowest BCUT2D eigenvalue weighted by atomic mass is 10.2. The van der Waals surface area contributed by atoms with Gasteiger partial charge >= 0.3 is 5.97 Å². The number of carbonyl (C=O) groups excluding carboxylic acids is 1. The van der Waals surface area contributed by atoms with Crippen molar-refractivity contribution < 1.29 is 9.53 Å². The maximum atomic E-state index is 12.3. The van der Waals surface area contributed by atoms with Gasteiger partial charge in [-0.25, -0.2) is 14.8 Å². The monoisotopic (exact) mass is 391 g/mol. The fourth-order valence-electron chi connectivity index (χ4n) is 3.44. The number of aromatic nitrogens is 2. The first-order chi connectivity index (χ1) is 12.9. The molecule has 3 heterocycles. The Kier molecular flexibility index (Phi) is 6.29. The SMILES string of the molecule is CCOC(=O)c1sc2nc(C)nc(NC(C)CN3CCN(C)CC3)c2c1C. The molecule has 0 aliphatic carbocycles. The summed E-state index contributed by atoms with van der Waals surface area (Å²) in [5.74, 6) is 1.23. The van der Waals surface area contributed by atoms with Crippen LogP contribution >= 0.6 is 11.3 Å². The Hall–Kier alpha value is -1.77. The van der Waals surface area contributed by atoms with Gasteiger partial charge in [0.15, 0.2) is 0 Å². The average Bonchev–Trinajstić information content (AvgIpc) is 2.94. The highest BCUT2D eigenvalue weighted by atomic mass is 32.1. The molecule has 1 fully saturated rings. The smallest absolute Gasteiger partial charge is 0.348 e. The summed E-state index contributed by atoms with van der Waals surface area (Å²) in [5, 5.41) is 4.49. The van der Waals surface area contributed by atoms with Crippen LogP contribution in [0.4, 0.5) is 5.82 Å². The molecule has 1 N–H and O–H groups in total. The number of thiophene rings is 1. The van der Waals surface area contributed by atoms with Crippen molar-refractivity contribution in [3.8, 4) is 0 Å². The average molecular weight is 392 g/mol. The van der Waals surface area contributed by atoms with Crippen LogP contribution in [0.3, 0.4) is 0 Å². The molecule has 1 aliphatic rings. The van der Waals surface area contributed by atoms with E-state index in [0.29, 0.717) is 17.3 Å². The zero-order valence-electron chi connectivity index (χ0n) is 16.8. The minimum absolute atomic E-state index is 0.247. The molecule has 0 bridgehead atoms. The number of carbonyl (C=O) groups is 1. The van der Waals surface area contributed by atoms with Crippen LogP contribution < -0.4 is 5.32 Å². The first-order valence-corrected chi connectivity index (χ1v) is 10.3. The van der Waals surface area contributed by atoms with Gasteiger partial charge < -0.3 is 15.0 Å².